The summed E-state index contributed by atoms with van der Waals surface area (Å²) >= 11 is 0. The van der Waals surface area contributed by atoms with Crippen LogP contribution in [-0.2, 0) is 14.3 Å². The average molecular weight is 905 g/mol. The molecule has 6 heteroatoms. The van der Waals surface area contributed by atoms with Gasteiger partial charge >= 0.3 is 5.97 Å². The van der Waals surface area contributed by atoms with Gasteiger partial charge in [-0.2, -0.15) is 0 Å². The van der Waals surface area contributed by atoms with Crippen molar-refractivity contribution in [2.24, 2.45) is 0 Å². The van der Waals surface area contributed by atoms with Gasteiger partial charge in [0.1, 0.15) is 0 Å². The fourth-order valence-corrected chi connectivity index (χ4v) is 9.09. The standard InChI is InChI=1S/C58H113NO5/c1-3-5-7-9-11-13-15-16-17-18-19-20-21-22-23-24-25-26-27-31-34-38-42-46-50-56(61)55(54-60)59-57(62)51-47-43-39-35-32-28-29-33-37-41-45-49-53-64-58(63)52-48-44-40-36-30-14-12-10-8-6-4-2/h10,12,55-56,60-61H,3-9,11,13-54H2,1-2H3,(H,59,62)/b12-10-. The maximum Gasteiger partial charge on any atom is 0.305 e. The predicted octanol–water partition coefficient (Wildman–Crippen LogP) is 17.7. The lowest BCUT2D eigenvalue weighted by Gasteiger charge is -2.22. The molecular weight excluding hydrogens is 791 g/mol. The Morgan fingerprint density at radius 3 is 1.16 bits per heavy atom. The van der Waals surface area contributed by atoms with E-state index in [1.54, 1.807) is 0 Å². The third kappa shape index (κ3) is 50.0. The molecule has 0 saturated carbocycles. The topological polar surface area (TPSA) is 95.9 Å². The molecule has 0 aromatic heterocycles. The van der Waals surface area contributed by atoms with Crippen molar-refractivity contribution in [3.8, 4) is 0 Å². The van der Waals surface area contributed by atoms with E-state index in [9.17, 15) is 19.8 Å². The second-order valence-corrected chi connectivity index (χ2v) is 20.0. The first-order valence-electron chi connectivity index (χ1n) is 28.9. The summed E-state index contributed by atoms with van der Waals surface area (Å²) < 4.78 is 5.44. The van der Waals surface area contributed by atoms with Crippen molar-refractivity contribution in [3.63, 3.8) is 0 Å². The molecule has 0 saturated heterocycles. The number of ether oxygens (including phenoxy) is 1. The molecule has 3 N–H and O–H groups in total. The van der Waals surface area contributed by atoms with Gasteiger partial charge in [-0.3, -0.25) is 9.59 Å². The predicted molar refractivity (Wildman–Crippen MR) is 278 cm³/mol. The highest BCUT2D eigenvalue weighted by Gasteiger charge is 2.20. The van der Waals surface area contributed by atoms with Crippen molar-refractivity contribution < 1.29 is 24.5 Å². The zero-order valence-electron chi connectivity index (χ0n) is 43.3. The minimum Gasteiger partial charge on any atom is -0.466 e. The number of amides is 1. The molecule has 1 amide bonds. The number of aliphatic hydroxyl groups is 2. The highest BCUT2D eigenvalue weighted by atomic mass is 16.5. The van der Waals surface area contributed by atoms with Crippen LogP contribution in [0.3, 0.4) is 0 Å². The van der Waals surface area contributed by atoms with Crippen LogP contribution in [0.25, 0.3) is 0 Å². The van der Waals surface area contributed by atoms with Gasteiger partial charge in [-0.15, -0.1) is 0 Å². The van der Waals surface area contributed by atoms with Crippen LogP contribution < -0.4 is 5.32 Å². The molecule has 2 atom stereocenters. The summed E-state index contributed by atoms with van der Waals surface area (Å²) in [4.78, 5) is 24.5. The molecule has 0 aromatic carbocycles. The van der Waals surface area contributed by atoms with Crippen LogP contribution in [0.4, 0.5) is 0 Å². The summed E-state index contributed by atoms with van der Waals surface area (Å²) in [6, 6.07) is -0.554. The third-order valence-corrected chi connectivity index (χ3v) is 13.6. The molecule has 0 bridgehead atoms. The van der Waals surface area contributed by atoms with Crippen molar-refractivity contribution in [1.82, 2.24) is 5.32 Å². The Balaban J connectivity index is 3.45. The molecular formula is C58H113NO5. The lowest BCUT2D eigenvalue weighted by Crippen LogP contribution is -2.45. The van der Waals surface area contributed by atoms with Crippen molar-refractivity contribution >= 4 is 11.9 Å². The molecule has 0 aliphatic carbocycles. The lowest BCUT2D eigenvalue weighted by molar-refractivity contribution is -0.143. The van der Waals surface area contributed by atoms with Gasteiger partial charge in [0.25, 0.3) is 0 Å². The van der Waals surface area contributed by atoms with Crippen molar-refractivity contribution in [2.45, 2.75) is 334 Å². The van der Waals surface area contributed by atoms with E-state index < -0.39 is 12.1 Å². The summed E-state index contributed by atoms with van der Waals surface area (Å²) in [5.41, 5.74) is 0. The van der Waals surface area contributed by atoms with Crippen LogP contribution in [0.15, 0.2) is 12.2 Å². The van der Waals surface area contributed by atoms with Crippen LogP contribution in [0, 0.1) is 0 Å². The zero-order chi connectivity index (χ0) is 46.5. The number of esters is 1. The normalized spacial score (nSPS) is 12.6. The fourth-order valence-electron chi connectivity index (χ4n) is 9.09. The van der Waals surface area contributed by atoms with E-state index >= 15 is 0 Å². The minimum absolute atomic E-state index is 0.0192. The maximum absolute atomic E-state index is 12.5. The van der Waals surface area contributed by atoms with Crippen LogP contribution in [0.1, 0.15) is 322 Å². The van der Waals surface area contributed by atoms with E-state index in [2.05, 4.69) is 31.3 Å². The monoisotopic (exact) mass is 904 g/mol. The van der Waals surface area contributed by atoms with Crippen LogP contribution in [0.5, 0.6) is 0 Å². The smallest absolute Gasteiger partial charge is 0.305 e. The summed E-state index contributed by atoms with van der Waals surface area (Å²) in [5, 5.41) is 23.3. The quantitative estimate of drug-likeness (QED) is 0.0321. The van der Waals surface area contributed by atoms with Crippen LogP contribution in [-0.4, -0.2) is 47.4 Å². The van der Waals surface area contributed by atoms with Gasteiger partial charge in [0.2, 0.25) is 5.91 Å². The first-order chi connectivity index (χ1) is 31.5. The number of aliphatic hydroxyl groups excluding tert-OH is 2. The van der Waals surface area contributed by atoms with E-state index in [0.717, 1.165) is 57.8 Å². The Morgan fingerprint density at radius 1 is 0.422 bits per heavy atom. The Labute approximate surface area is 399 Å². The Hall–Kier alpha value is -1.40. The molecule has 0 spiro atoms. The largest absolute Gasteiger partial charge is 0.466 e. The zero-order valence-corrected chi connectivity index (χ0v) is 43.3. The van der Waals surface area contributed by atoms with Gasteiger partial charge in [0, 0.05) is 12.8 Å². The number of carbonyl (C=O) groups excluding carboxylic acids is 2. The van der Waals surface area contributed by atoms with E-state index in [-0.39, 0.29) is 18.5 Å². The molecule has 6 nitrogen and oxygen atoms in total. The number of hydrogen-bond donors (Lipinski definition) is 3. The molecule has 0 fully saturated rings. The van der Waals surface area contributed by atoms with E-state index in [1.807, 2.05) is 0 Å². The van der Waals surface area contributed by atoms with Gasteiger partial charge < -0.3 is 20.3 Å². The number of carbonyl (C=O) groups is 2. The van der Waals surface area contributed by atoms with Gasteiger partial charge in [-0.1, -0.05) is 276 Å². The number of unbranched alkanes of at least 4 members (excludes halogenated alkanes) is 41. The van der Waals surface area contributed by atoms with E-state index in [1.165, 1.54) is 231 Å². The molecule has 0 aromatic rings. The van der Waals surface area contributed by atoms with Crippen LogP contribution >= 0.6 is 0 Å². The molecule has 0 rings (SSSR count). The summed E-state index contributed by atoms with van der Waals surface area (Å²) in [5.74, 6) is -0.0666. The molecule has 64 heavy (non-hydrogen) atoms. The average Bonchev–Trinajstić information content (AvgIpc) is 3.29. The Kier molecular flexibility index (Phi) is 53.0. The molecule has 2 unspecified atom stereocenters. The second kappa shape index (κ2) is 54.2. The molecule has 0 radical (unpaired) electrons. The Morgan fingerprint density at radius 2 is 0.750 bits per heavy atom. The number of allylic oxidation sites excluding steroid dienone is 2. The maximum atomic E-state index is 12.5. The lowest BCUT2D eigenvalue weighted by atomic mass is 10.0. The first kappa shape index (κ1) is 62.6. The van der Waals surface area contributed by atoms with E-state index in [0.29, 0.717) is 25.9 Å². The first-order valence-corrected chi connectivity index (χ1v) is 28.9. The second-order valence-electron chi connectivity index (χ2n) is 20.0. The van der Waals surface area contributed by atoms with Crippen molar-refractivity contribution in [2.75, 3.05) is 13.2 Å². The molecule has 0 aliphatic heterocycles. The highest BCUT2D eigenvalue weighted by Crippen LogP contribution is 2.18. The van der Waals surface area contributed by atoms with Gasteiger partial charge in [-0.05, 0) is 44.9 Å². The number of rotatable bonds is 54. The molecule has 0 aliphatic rings. The minimum atomic E-state index is -0.675. The number of hydrogen-bond acceptors (Lipinski definition) is 5. The molecule has 0 heterocycles. The summed E-state index contributed by atoms with van der Waals surface area (Å²) in [6.07, 6.45) is 63.4. The van der Waals surface area contributed by atoms with Crippen LogP contribution in [0.2, 0.25) is 0 Å². The summed E-state index contributed by atoms with van der Waals surface area (Å²) in [6.45, 7) is 4.90. The van der Waals surface area contributed by atoms with Gasteiger partial charge in [0.05, 0.1) is 25.4 Å². The molecule has 380 valence electrons. The SMILES string of the molecule is CCCC/C=C\CCCCCCCC(=O)OCCCCCCCCCCCCCCC(=O)NC(CO)C(O)CCCCCCCCCCCCCCCCCCCCCCCCCC. The Bertz CT molecular complexity index is 955. The van der Waals surface area contributed by atoms with Crippen molar-refractivity contribution in [1.29, 1.82) is 0 Å². The van der Waals surface area contributed by atoms with Gasteiger partial charge in [-0.25, -0.2) is 0 Å². The van der Waals surface area contributed by atoms with Gasteiger partial charge in [0.15, 0.2) is 0 Å². The third-order valence-electron chi connectivity index (χ3n) is 13.6. The highest BCUT2D eigenvalue weighted by molar-refractivity contribution is 5.76. The summed E-state index contributed by atoms with van der Waals surface area (Å²) in [7, 11) is 0. The van der Waals surface area contributed by atoms with Crippen molar-refractivity contribution in [3.05, 3.63) is 12.2 Å². The number of nitrogens with one attached hydrogen (secondary N) is 1. The fraction of sp³-hybridized carbons (Fsp3) is 0.931. The van der Waals surface area contributed by atoms with E-state index in [4.69, 9.17) is 4.74 Å².